The van der Waals surface area contributed by atoms with Crippen LogP contribution in [0.25, 0.3) is 17.2 Å². The quantitative estimate of drug-likeness (QED) is 0.411. The molecule has 1 heterocycles. The molecular formula is C24H17Cl2NO4S. The molecule has 1 saturated heterocycles. The summed E-state index contributed by atoms with van der Waals surface area (Å²) in [6, 6.07) is 17.3. The van der Waals surface area contributed by atoms with Crippen molar-refractivity contribution in [3.05, 3.63) is 86.7 Å². The molecule has 0 unspecified atom stereocenters. The molecule has 8 heteroatoms. The zero-order chi connectivity index (χ0) is 22.8. The first-order valence-corrected chi connectivity index (χ1v) is 11.1. The van der Waals surface area contributed by atoms with Crippen molar-refractivity contribution in [1.82, 2.24) is 4.90 Å². The molecule has 0 aromatic heterocycles. The number of phenolic OH excluding ortho intramolecular Hbond substituents is 1. The number of carbonyl (C=O) groups excluding carboxylic acids is 2. The summed E-state index contributed by atoms with van der Waals surface area (Å²) >= 11 is 12.9. The predicted molar refractivity (Wildman–Crippen MR) is 128 cm³/mol. The van der Waals surface area contributed by atoms with Crippen LogP contribution in [0.15, 0.2) is 65.6 Å². The lowest BCUT2D eigenvalue weighted by Crippen LogP contribution is -2.27. The second-order valence-electron chi connectivity index (χ2n) is 7.03. The lowest BCUT2D eigenvalue weighted by Gasteiger charge is -2.13. The molecule has 0 aliphatic carbocycles. The zero-order valence-corrected chi connectivity index (χ0v) is 19.2. The molecule has 3 aromatic carbocycles. The van der Waals surface area contributed by atoms with Gasteiger partial charge in [0.1, 0.15) is 11.5 Å². The number of ether oxygens (including phenoxy) is 1. The van der Waals surface area contributed by atoms with Crippen LogP contribution in [-0.2, 0) is 11.3 Å². The molecule has 0 saturated carbocycles. The van der Waals surface area contributed by atoms with Crippen molar-refractivity contribution in [2.75, 3.05) is 7.11 Å². The van der Waals surface area contributed by atoms with Crippen LogP contribution in [-0.4, -0.2) is 28.3 Å². The maximum Gasteiger partial charge on any atom is 0.293 e. The highest BCUT2D eigenvalue weighted by molar-refractivity contribution is 8.18. The Balaban J connectivity index is 1.62. The Morgan fingerprint density at radius 1 is 1.03 bits per heavy atom. The molecule has 32 heavy (non-hydrogen) atoms. The summed E-state index contributed by atoms with van der Waals surface area (Å²) in [5, 5.41) is 10.2. The van der Waals surface area contributed by atoms with Crippen molar-refractivity contribution in [1.29, 1.82) is 0 Å². The summed E-state index contributed by atoms with van der Waals surface area (Å²) in [7, 11) is 1.57. The number of phenols is 1. The molecule has 0 atom stereocenters. The number of amides is 2. The molecule has 3 aromatic rings. The third-order valence-corrected chi connectivity index (χ3v) is 6.52. The topological polar surface area (TPSA) is 66.8 Å². The molecule has 1 aliphatic rings. The van der Waals surface area contributed by atoms with Gasteiger partial charge in [0.25, 0.3) is 11.1 Å². The Morgan fingerprint density at radius 2 is 1.84 bits per heavy atom. The monoisotopic (exact) mass is 485 g/mol. The van der Waals surface area contributed by atoms with Gasteiger partial charge in [-0.05, 0) is 70.9 Å². The van der Waals surface area contributed by atoms with Gasteiger partial charge in [-0.25, -0.2) is 0 Å². The van der Waals surface area contributed by atoms with Crippen molar-refractivity contribution in [3.8, 4) is 22.6 Å². The van der Waals surface area contributed by atoms with E-state index < -0.39 is 0 Å². The molecule has 4 rings (SSSR count). The van der Waals surface area contributed by atoms with E-state index in [0.717, 1.165) is 28.5 Å². The molecule has 0 spiro atoms. The second-order valence-corrected chi connectivity index (χ2v) is 8.83. The van der Waals surface area contributed by atoms with Crippen LogP contribution in [0.2, 0.25) is 10.0 Å². The van der Waals surface area contributed by atoms with E-state index in [-0.39, 0.29) is 23.4 Å². The van der Waals surface area contributed by atoms with Crippen LogP contribution in [0.5, 0.6) is 11.5 Å². The third kappa shape index (κ3) is 4.63. The van der Waals surface area contributed by atoms with Crippen molar-refractivity contribution < 1.29 is 19.4 Å². The fourth-order valence-corrected chi connectivity index (χ4v) is 4.48. The van der Waals surface area contributed by atoms with Crippen molar-refractivity contribution in [2.45, 2.75) is 6.54 Å². The average molecular weight is 486 g/mol. The number of halogens is 2. The van der Waals surface area contributed by atoms with Crippen LogP contribution < -0.4 is 4.74 Å². The number of methoxy groups -OCH3 is 1. The first-order chi connectivity index (χ1) is 15.4. The van der Waals surface area contributed by atoms with Crippen molar-refractivity contribution in [2.24, 2.45) is 0 Å². The van der Waals surface area contributed by atoms with Gasteiger partial charge in [0.05, 0.1) is 28.6 Å². The van der Waals surface area contributed by atoms with Gasteiger partial charge >= 0.3 is 0 Å². The van der Waals surface area contributed by atoms with Gasteiger partial charge in [0.2, 0.25) is 0 Å². The molecule has 0 bridgehead atoms. The normalized spacial score (nSPS) is 15.0. The molecular weight excluding hydrogens is 469 g/mol. The largest absolute Gasteiger partial charge is 0.508 e. The van der Waals surface area contributed by atoms with Crippen LogP contribution in [0.3, 0.4) is 0 Å². The Bertz CT molecular complexity index is 1260. The summed E-state index contributed by atoms with van der Waals surface area (Å²) in [6.45, 7) is 0.107. The van der Waals surface area contributed by atoms with Crippen molar-refractivity contribution >= 4 is 52.2 Å². The lowest BCUT2D eigenvalue weighted by molar-refractivity contribution is -0.123. The van der Waals surface area contributed by atoms with E-state index in [1.807, 2.05) is 12.1 Å². The summed E-state index contributed by atoms with van der Waals surface area (Å²) in [6.07, 6.45) is 1.67. The highest BCUT2D eigenvalue weighted by Crippen LogP contribution is 2.37. The number of nitrogens with zero attached hydrogens (tertiary/aromatic N) is 1. The summed E-state index contributed by atoms with van der Waals surface area (Å²) < 4.78 is 5.45. The number of rotatable bonds is 5. The lowest BCUT2D eigenvalue weighted by atomic mass is 10.0. The average Bonchev–Trinajstić information content (AvgIpc) is 3.03. The van der Waals surface area contributed by atoms with E-state index in [4.69, 9.17) is 27.9 Å². The fourth-order valence-electron chi connectivity index (χ4n) is 3.32. The van der Waals surface area contributed by atoms with Gasteiger partial charge in [0.15, 0.2) is 0 Å². The van der Waals surface area contributed by atoms with Crippen molar-refractivity contribution in [3.63, 3.8) is 0 Å². The van der Waals surface area contributed by atoms with E-state index in [0.29, 0.717) is 26.3 Å². The highest BCUT2D eigenvalue weighted by atomic mass is 35.5. The molecule has 1 aliphatic heterocycles. The van der Waals surface area contributed by atoms with E-state index >= 15 is 0 Å². The van der Waals surface area contributed by atoms with Gasteiger partial charge in [-0.3, -0.25) is 14.5 Å². The Hall–Kier alpha value is -2.93. The number of aromatic hydroxyl groups is 1. The van der Waals surface area contributed by atoms with Gasteiger partial charge < -0.3 is 9.84 Å². The van der Waals surface area contributed by atoms with E-state index in [1.165, 1.54) is 4.90 Å². The number of thioether (sulfide) groups is 1. The minimum atomic E-state index is -0.374. The number of hydrogen-bond donors (Lipinski definition) is 1. The molecule has 1 N–H and O–H groups in total. The van der Waals surface area contributed by atoms with Crippen LogP contribution in [0.4, 0.5) is 4.79 Å². The minimum Gasteiger partial charge on any atom is -0.508 e. The van der Waals surface area contributed by atoms with Gasteiger partial charge in [-0.15, -0.1) is 0 Å². The minimum absolute atomic E-state index is 0.107. The summed E-state index contributed by atoms with van der Waals surface area (Å²) in [5.74, 6) is 0.389. The second kappa shape index (κ2) is 9.28. The van der Waals surface area contributed by atoms with E-state index in [9.17, 15) is 14.7 Å². The summed E-state index contributed by atoms with van der Waals surface area (Å²) in [5.41, 5.74) is 2.96. The third-order valence-electron chi connectivity index (χ3n) is 4.88. The number of benzene rings is 3. The van der Waals surface area contributed by atoms with Crippen LogP contribution >= 0.6 is 35.0 Å². The highest BCUT2D eigenvalue weighted by Gasteiger charge is 2.35. The molecule has 5 nitrogen and oxygen atoms in total. The number of imide groups is 1. The first-order valence-electron chi connectivity index (χ1n) is 9.52. The first kappa shape index (κ1) is 22.3. The smallest absolute Gasteiger partial charge is 0.293 e. The SMILES string of the molecule is COc1ccc(/C=C2\SC(=O)N(Cc3ccc(Cl)c(Cl)c3)C2=O)cc1-c1cccc(O)c1. The Labute approximate surface area is 199 Å². The Morgan fingerprint density at radius 3 is 2.56 bits per heavy atom. The van der Waals surface area contributed by atoms with E-state index in [1.54, 1.807) is 61.7 Å². The molecule has 1 fully saturated rings. The maximum atomic E-state index is 12.9. The van der Waals surface area contributed by atoms with Gasteiger partial charge in [-0.2, -0.15) is 0 Å². The van der Waals surface area contributed by atoms with Gasteiger partial charge in [-0.1, -0.05) is 47.5 Å². The molecule has 162 valence electrons. The zero-order valence-electron chi connectivity index (χ0n) is 16.8. The molecule has 2 amide bonds. The number of carbonyl (C=O) groups is 2. The molecule has 0 radical (unpaired) electrons. The Kier molecular flexibility index (Phi) is 6.46. The van der Waals surface area contributed by atoms with Crippen LogP contribution in [0, 0.1) is 0 Å². The van der Waals surface area contributed by atoms with Crippen LogP contribution in [0.1, 0.15) is 11.1 Å². The predicted octanol–water partition coefficient (Wildman–Crippen LogP) is 6.61. The summed E-state index contributed by atoms with van der Waals surface area (Å²) in [4.78, 5) is 26.9. The standard InChI is InChI=1S/C24H17Cl2NO4S/c1-31-21-8-6-14(9-18(21)16-3-2-4-17(28)12-16)11-22-23(29)27(24(30)32-22)13-15-5-7-19(25)20(26)10-15/h2-12,28H,13H2,1H3/b22-11-. The number of hydrogen-bond acceptors (Lipinski definition) is 5. The maximum absolute atomic E-state index is 12.9. The van der Waals surface area contributed by atoms with E-state index in [2.05, 4.69) is 0 Å². The fraction of sp³-hybridized carbons (Fsp3) is 0.0833. The van der Waals surface area contributed by atoms with Gasteiger partial charge in [0, 0.05) is 5.56 Å².